The van der Waals surface area contributed by atoms with Crippen LogP contribution >= 0.6 is 0 Å². The molecule has 0 aromatic heterocycles. The first-order chi connectivity index (χ1) is 10.8. The molecule has 0 spiro atoms. The van der Waals surface area contributed by atoms with Crippen LogP contribution in [0.1, 0.15) is 84.3 Å². The summed E-state index contributed by atoms with van der Waals surface area (Å²) in [5, 5.41) is 4.22. The molecule has 1 N–H and O–H groups in total. The highest BCUT2D eigenvalue weighted by Gasteiger charge is 2.13. The average molecular weight is 316 g/mol. The predicted octanol–water partition coefficient (Wildman–Crippen LogP) is 5.18. The Kier molecular flexibility index (Phi) is 8.01. The van der Waals surface area contributed by atoms with E-state index < -0.39 is 0 Å². The molecule has 0 atom stereocenters. The average Bonchev–Trinajstić information content (AvgIpc) is 2.51. The summed E-state index contributed by atoms with van der Waals surface area (Å²) in [6.45, 7) is 10.7. The van der Waals surface area contributed by atoms with Crippen molar-refractivity contribution in [2.45, 2.75) is 78.6 Å². The lowest BCUT2D eigenvalue weighted by Gasteiger charge is -2.19. The molecule has 1 amide bonds. The van der Waals surface area contributed by atoms with Gasteiger partial charge in [0.1, 0.15) is 0 Å². The topological polar surface area (TPSA) is 41.5 Å². The molecule has 1 rings (SSSR count). The molecule has 23 heavy (non-hydrogen) atoms. The molecule has 0 bridgehead atoms. The van der Waals surface area contributed by atoms with Gasteiger partial charge in [0.15, 0.2) is 0 Å². The van der Waals surface area contributed by atoms with E-state index >= 15 is 0 Å². The summed E-state index contributed by atoms with van der Waals surface area (Å²) in [5.74, 6) is 0.00663. The fraction of sp³-hybridized carbons (Fsp3) is 0.600. The number of hydrazone groups is 1. The van der Waals surface area contributed by atoms with Gasteiger partial charge in [-0.3, -0.25) is 4.79 Å². The largest absolute Gasteiger partial charge is 0.273 e. The van der Waals surface area contributed by atoms with Crippen LogP contribution < -0.4 is 5.43 Å². The van der Waals surface area contributed by atoms with Crippen LogP contribution in [0.2, 0.25) is 0 Å². The predicted molar refractivity (Wildman–Crippen MR) is 98.9 cm³/mol. The highest BCUT2D eigenvalue weighted by atomic mass is 16.2. The molecule has 0 saturated heterocycles. The first-order valence-corrected chi connectivity index (χ1v) is 8.78. The van der Waals surface area contributed by atoms with E-state index in [2.05, 4.69) is 62.5 Å². The smallest absolute Gasteiger partial charge is 0.240 e. The summed E-state index contributed by atoms with van der Waals surface area (Å²) in [6.07, 6.45) is 6.32. The molecule has 0 fully saturated rings. The number of unbranched alkanes of at least 4 members (excludes halogenated alkanes) is 4. The van der Waals surface area contributed by atoms with E-state index in [0.29, 0.717) is 6.42 Å². The number of rotatable bonds is 8. The van der Waals surface area contributed by atoms with Gasteiger partial charge in [0.2, 0.25) is 5.91 Å². The Morgan fingerprint density at radius 1 is 1.04 bits per heavy atom. The zero-order chi connectivity index (χ0) is 17.3. The van der Waals surface area contributed by atoms with E-state index in [0.717, 1.165) is 24.1 Å². The Morgan fingerprint density at radius 3 is 2.22 bits per heavy atom. The van der Waals surface area contributed by atoms with Gasteiger partial charge >= 0.3 is 0 Å². The van der Waals surface area contributed by atoms with Crippen molar-refractivity contribution in [2.75, 3.05) is 0 Å². The number of nitrogens with one attached hydrogen (secondary N) is 1. The number of benzene rings is 1. The molecular weight excluding hydrogens is 284 g/mol. The molecule has 0 heterocycles. The minimum absolute atomic E-state index is 0.00663. The molecule has 128 valence electrons. The molecule has 0 unspecified atom stereocenters. The highest BCUT2D eigenvalue weighted by molar-refractivity contribution is 5.99. The molecular formula is C20H32N2O. The summed E-state index contributed by atoms with van der Waals surface area (Å²) in [7, 11) is 0. The molecule has 0 aliphatic heterocycles. The zero-order valence-electron chi connectivity index (χ0n) is 15.4. The van der Waals surface area contributed by atoms with E-state index in [9.17, 15) is 4.79 Å². The van der Waals surface area contributed by atoms with Crippen LogP contribution in [0.15, 0.2) is 29.4 Å². The van der Waals surface area contributed by atoms with Crippen molar-refractivity contribution >= 4 is 11.6 Å². The van der Waals surface area contributed by atoms with Crippen LogP contribution in [-0.2, 0) is 10.2 Å². The number of hydrogen-bond donors (Lipinski definition) is 1. The number of amides is 1. The van der Waals surface area contributed by atoms with Crippen LogP contribution in [0.4, 0.5) is 0 Å². The molecule has 1 aromatic rings. The quantitative estimate of drug-likeness (QED) is 0.400. The van der Waals surface area contributed by atoms with E-state index in [1.54, 1.807) is 0 Å². The van der Waals surface area contributed by atoms with Crippen LogP contribution in [0.3, 0.4) is 0 Å². The summed E-state index contributed by atoms with van der Waals surface area (Å²) in [5.41, 5.74) is 5.99. The molecule has 0 radical (unpaired) electrons. The van der Waals surface area contributed by atoms with Gasteiger partial charge in [-0.15, -0.1) is 0 Å². The van der Waals surface area contributed by atoms with Crippen molar-refractivity contribution in [1.29, 1.82) is 0 Å². The van der Waals surface area contributed by atoms with Gasteiger partial charge < -0.3 is 0 Å². The maximum Gasteiger partial charge on any atom is 0.240 e. The number of hydrogen-bond acceptors (Lipinski definition) is 2. The standard InChI is InChI=1S/C20H32N2O/c1-6-7-8-9-10-11-19(23)22-21-16(2)17-12-14-18(15-13-17)20(3,4)5/h12-15H,6-11H2,1-5H3,(H,22,23)/b21-16+. The van der Waals surface area contributed by atoms with Crippen molar-refractivity contribution in [2.24, 2.45) is 5.10 Å². The minimum atomic E-state index is 0.00663. The van der Waals surface area contributed by atoms with Gasteiger partial charge in [-0.2, -0.15) is 5.10 Å². The fourth-order valence-electron chi connectivity index (χ4n) is 2.37. The number of nitrogens with zero attached hydrogens (tertiary/aromatic N) is 1. The van der Waals surface area contributed by atoms with E-state index in [1.165, 1.54) is 24.8 Å². The lowest BCUT2D eigenvalue weighted by molar-refractivity contribution is -0.121. The van der Waals surface area contributed by atoms with Crippen molar-refractivity contribution in [3.63, 3.8) is 0 Å². The Hall–Kier alpha value is -1.64. The van der Waals surface area contributed by atoms with Crippen LogP contribution in [0.5, 0.6) is 0 Å². The number of carbonyl (C=O) groups is 1. The van der Waals surface area contributed by atoms with Crippen LogP contribution in [0, 0.1) is 0 Å². The molecule has 1 aromatic carbocycles. The Labute approximate surface area is 141 Å². The van der Waals surface area contributed by atoms with E-state index in [-0.39, 0.29) is 11.3 Å². The first-order valence-electron chi connectivity index (χ1n) is 8.78. The third-order valence-corrected chi connectivity index (χ3v) is 4.02. The van der Waals surface area contributed by atoms with E-state index in [1.807, 2.05) is 6.92 Å². The third-order valence-electron chi connectivity index (χ3n) is 4.02. The van der Waals surface area contributed by atoms with Gasteiger partial charge in [0.05, 0.1) is 5.71 Å². The number of carbonyl (C=O) groups excluding carboxylic acids is 1. The second-order valence-corrected chi connectivity index (χ2v) is 7.22. The molecule has 3 heteroatoms. The second-order valence-electron chi connectivity index (χ2n) is 7.22. The normalized spacial score (nSPS) is 12.3. The van der Waals surface area contributed by atoms with Crippen molar-refractivity contribution in [3.05, 3.63) is 35.4 Å². The molecule has 3 nitrogen and oxygen atoms in total. The van der Waals surface area contributed by atoms with Gasteiger partial charge in [-0.05, 0) is 29.9 Å². The minimum Gasteiger partial charge on any atom is -0.273 e. The van der Waals surface area contributed by atoms with Gasteiger partial charge in [-0.25, -0.2) is 5.43 Å². The monoisotopic (exact) mass is 316 g/mol. The first kappa shape index (κ1) is 19.4. The SMILES string of the molecule is CCCCCCCC(=O)N/N=C(\C)c1ccc(C(C)(C)C)cc1. The van der Waals surface area contributed by atoms with Crippen molar-refractivity contribution < 1.29 is 4.79 Å². The fourth-order valence-corrected chi connectivity index (χ4v) is 2.37. The van der Waals surface area contributed by atoms with Gasteiger partial charge in [-0.1, -0.05) is 77.6 Å². The van der Waals surface area contributed by atoms with Crippen LogP contribution in [0.25, 0.3) is 0 Å². The third kappa shape index (κ3) is 7.45. The van der Waals surface area contributed by atoms with Gasteiger partial charge in [0.25, 0.3) is 0 Å². The molecule has 0 aliphatic carbocycles. The Bertz CT molecular complexity index is 509. The molecule has 0 saturated carbocycles. The lowest BCUT2D eigenvalue weighted by Crippen LogP contribution is -2.19. The zero-order valence-corrected chi connectivity index (χ0v) is 15.4. The summed E-state index contributed by atoms with van der Waals surface area (Å²) in [4.78, 5) is 11.8. The Balaban J connectivity index is 2.46. The Morgan fingerprint density at radius 2 is 1.65 bits per heavy atom. The van der Waals surface area contributed by atoms with Gasteiger partial charge in [0, 0.05) is 6.42 Å². The maximum absolute atomic E-state index is 11.8. The van der Waals surface area contributed by atoms with Crippen molar-refractivity contribution in [1.82, 2.24) is 5.43 Å². The lowest BCUT2D eigenvalue weighted by atomic mass is 9.86. The van der Waals surface area contributed by atoms with Crippen LogP contribution in [-0.4, -0.2) is 11.6 Å². The second kappa shape index (κ2) is 9.49. The summed E-state index contributed by atoms with van der Waals surface area (Å²) < 4.78 is 0. The maximum atomic E-state index is 11.8. The highest BCUT2D eigenvalue weighted by Crippen LogP contribution is 2.22. The summed E-state index contributed by atoms with van der Waals surface area (Å²) >= 11 is 0. The molecule has 0 aliphatic rings. The summed E-state index contributed by atoms with van der Waals surface area (Å²) in [6, 6.07) is 8.39. The van der Waals surface area contributed by atoms with Crippen molar-refractivity contribution in [3.8, 4) is 0 Å². The van der Waals surface area contributed by atoms with E-state index in [4.69, 9.17) is 0 Å².